The molecule has 0 unspecified atom stereocenters. The van der Waals surface area contributed by atoms with Gasteiger partial charge in [-0.05, 0) is 18.8 Å². The van der Waals surface area contributed by atoms with Crippen LogP contribution < -0.4 is 0 Å². The number of ether oxygens (including phenoxy) is 1. The van der Waals surface area contributed by atoms with Gasteiger partial charge in [-0.2, -0.15) is 0 Å². The fraction of sp³-hybridized carbons (Fsp3) is 1.00. The fourth-order valence-electron chi connectivity index (χ4n) is 1.88. The van der Waals surface area contributed by atoms with Gasteiger partial charge in [-0.25, -0.2) is 0 Å². The van der Waals surface area contributed by atoms with Crippen LogP contribution in [0.4, 0.5) is 0 Å². The Morgan fingerprint density at radius 3 is 2.40 bits per heavy atom. The van der Waals surface area contributed by atoms with Crippen LogP contribution in [0.1, 0.15) is 19.3 Å². The molecule has 2 fully saturated rings. The third-order valence-electron chi connectivity index (χ3n) is 2.85. The topological polar surface area (TPSA) is 29.5 Å². The maximum absolute atomic E-state index is 9.40. The number of rotatable bonds is 1. The van der Waals surface area contributed by atoms with Gasteiger partial charge < -0.3 is 9.84 Å². The molecule has 10 heavy (non-hydrogen) atoms. The second-order valence-corrected chi connectivity index (χ2v) is 3.46. The zero-order valence-electron chi connectivity index (χ0n) is 6.12. The summed E-state index contributed by atoms with van der Waals surface area (Å²) in [5.41, 5.74) is 0. The average molecular weight is 142 g/mol. The van der Waals surface area contributed by atoms with Gasteiger partial charge in [0.2, 0.25) is 0 Å². The number of hydrogen-bond acceptors (Lipinski definition) is 2. The third kappa shape index (κ3) is 0.956. The summed E-state index contributed by atoms with van der Waals surface area (Å²) < 4.78 is 5.18. The standard InChI is InChI=1S/C8H14O2/c9-8-5-10-4-7(8)6-2-1-3-6/h6-9H,1-5H2/t7-,8+/m0/s1. The summed E-state index contributed by atoms with van der Waals surface area (Å²) in [7, 11) is 0. The van der Waals surface area contributed by atoms with Gasteiger partial charge in [0.15, 0.2) is 0 Å². The van der Waals surface area contributed by atoms with Gasteiger partial charge in [0, 0.05) is 5.92 Å². The van der Waals surface area contributed by atoms with Crippen molar-refractivity contribution in [3.05, 3.63) is 0 Å². The van der Waals surface area contributed by atoms with Crippen molar-refractivity contribution >= 4 is 0 Å². The lowest BCUT2D eigenvalue weighted by Gasteiger charge is -2.31. The Bertz CT molecular complexity index is 120. The van der Waals surface area contributed by atoms with Crippen LogP contribution in [-0.2, 0) is 4.74 Å². The van der Waals surface area contributed by atoms with Gasteiger partial charge in [0.1, 0.15) is 0 Å². The SMILES string of the molecule is O[C@@H]1COC[C@H]1C1CCC1. The minimum Gasteiger partial charge on any atom is -0.390 e. The van der Waals surface area contributed by atoms with Crippen LogP contribution in [0.15, 0.2) is 0 Å². The molecule has 2 rings (SSSR count). The zero-order chi connectivity index (χ0) is 6.97. The van der Waals surface area contributed by atoms with Crippen LogP contribution in [0.25, 0.3) is 0 Å². The van der Waals surface area contributed by atoms with E-state index in [1.807, 2.05) is 0 Å². The molecule has 2 heteroatoms. The van der Waals surface area contributed by atoms with Crippen LogP contribution in [0.5, 0.6) is 0 Å². The number of hydrogen-bond donors (Lipinski definition) is 1. The van der Waals surface area contributed by atoms with Crippen molar-refractivity contribution in [2.75, 3.05) is 13.2 Å². The molecule has 1 aliphatic carbocycles. The molecule has 0 aromatic heterocycles. The average Bonchev–Trinajstić information content (AvgIpc) is 2.12. The summed E-state index contributed by atoms with van der Waals surface area (Å²) in [6.45, 7) is 1.37. The van der Waals surface area contributed by atoms with E-state index in [0.717, 1.165) is 12.5 Å². The van der Waals surface area contributed by atoms with E-state index in [1.165, 1.54) is 19.3 Å². The minimum absolute atomic E-state index is 0.162. The van der Waals surface area contributed by atoms with E-state index in [2.05, 4.69) is 0 Å². The molecule has 1 saturated carbocycles. The van der Waals surface area contributed by atoms with Crippen molar-refractivity contribution in [2.45, 2.75) is 25.4 Å². The predicted molar refractivity (Wildman–Crippen MR) is 37.7 cm³/mol. The quantitative estimate of drug-likeness (QED) is 0.586. The number of aliphatic hydroxyl groups is 1. The molecule has 1 N–H and O–H groups in total. The normalized spacial score (nSPS) is 41.7. The first kappa shape index (κ1) is 6.62. The van der Waals surface area contributed by atoms with E-state index in [9.17, 15) is 5.11 Å². The second-order valence-electron chi connectivity index (χ2n) is 3.46. The smallest absolute Gasteiger partial charge is 0.0826 e. The lowest BCUT2D eigenvalue weighted by atomic mass is 9.75. The molecule has 1 heterocycles. The summed E-state index contributed by atoms with van der Waals surface area (Å²) in [5, 5.41) is 9.40. The highest BCUT2D eigenvalue weighted by molar-refractivity contribution is 4.85. The van der Waals surface area contributed by atoms with Crippen molar-refractivity contribution < 1.29 is 9.84 Å². The van der Waals surface area contributed by atoms with Crippen LogP contribution in [0, 0.1) is 11.8 Å². The van der Waals surface area contributed by atoms with Gasteiger partial charge in [-0.15, -0.1) is 0 Å². The van der Waals surface area contributed by atoms with E-state index < -0.39 is 0 Å². The van der Waals surface area contributed by atoms with Crippen molar-refractivity contribution in [3.63, 3.8) is 0 Å². The predicted octanol–water partition coefficient (Wildman–Crippen LogP) is 0.794. The Labute approximate surface area is 61.2 Å². The zero-order valence-corrected chi connectivity index (χ0v) is 6.12. The molecule has 2 aliphatic rings. The van der Waals surface area contributed by atoms with Crippen molar-refractivity contribution in [1.29, 1.82) is 0 Å². The Morgan fingerprint density at radius 1 is 1.20 bits per heavy atom. The molecule has 2 nitrogen and oxygen atoms in total. The molecule has 0 aromatic rings. The first-order valence-electron chi connectivity index (χ1n) is 4.14. The number of aliphatic hydroxyl groups excluding tert-OH is 1. The maximum atomic E-state index is 9.40. The van der Waals surface area contributed by atoms with Crippen molar-refractivity contribution in [3.8, 4) is 0 Å². The molecular weight excluding hydrogens is 128 g/mol. The highest BCUT2D eigenvalue weighted by Crippen LogP contribution is 2.37. The molecule has 58 valence electrons. The van der Waals surface area contributed by atoms with Crippen LogP contribution in [0.3, 0.4) is 0 Å². The Hall–Kier alpha value is -0.0800. The minimum atomic E-state index is -0.162. The van der Waals surface area contributed by atoms with E-state index in [-0.39, 0.29) is 6.10 Å². The summed E-state index contributed by atoms with van der Waals surface area (Å²) in [6.07, 6.45) is 3.81. The van der Waals surface area contributed by atoms with E-state index in [0.29, 0.717) is 12.5 Å². The molecule has 0 radical (unpaired) electrons. The molecular formula is C8H14O2. The van der Waals surface area contributed by atoms with Crippen LogP contribution in [0.2, 0.25) is 0 Å². The van der Waals surface area contributed by atoms with E-state index in [4.69, 9.17) is 4.74 Å². The van der Waals surface area contributed by atoms with E-state index in [1.54, 1.807) is 0 Å². The molecule has 1 saturated heterocycles. The fourth-order valence-corrected chi connectivity index (χ4v) is 1.88. The summed E-state index contributed by atoms with van der Waals surface area (Å²) in [6, 6.07) is 0. The van der Waals surface area contributed by atoms with Gasteiger partial charge in [0.05, 0.1) is 19.3 Å². The summed E-state index contributed by atoms with van der Waals surface area (Å²) in [5.74, 6) is 1.24. The van der Waals surface area contributed by atoms with Crippen molar-refractivity contribution in [2.24, 2.45) is 11.8 Å². The second kappa shape index (κ2) is 2.51. The highest BCUT2D eigenvalue weighted by atomic mass is 16.5. The first-order chi connectivity index (χ1) is 4.88. The highest BCUT2D eigenvalue weighted by Gasteiger charge is 2.36. The Morgan fingerprint density at radius 2 is 2.00 bits per heavy atom. The lowest BCUT2D eigenvalue weighted by molar-refractivity contribution is 0.0798. The monoisotopic (exact) mass is 142 g/mol. The first-order valence-corrected chi connectivity index (χ1v) is 4.14. The largest absolute Gasteiger partial charge is 0.390 e. The molecule has 0 spiro atoms. The van der Waals surface area contributed by atoms with Crippen molar-refractivity contribution in [1.82, 2.24) is 0 Å². The Kier molecular flexibility index (Phi) is 1.66. The Balaban J connectivity index is 1.90. The third-order valence-corrected chi connectivity index (χ3v) is 2.85. The van der Waals surface area contributed by atoms with Gasteiger partial charge >= 0.3 is 0 Å². The maximum Gasteiger partial charge on any atom is 0.0826 e. The van der Waals surface area contributed by atoms with Gasteiger partial charge in [-0.1, -0.05) is 6.42 Å². The van der Waals surface area contributed by atoms with Gasteiger partial charge in [0.25, 0.3) is 0 Å². The lowest BCUT2D eigenvalue weighted by Crippen LogP contribution is -2.30. The summed E-state index contributed by atoms with van der Waals surface area (Å²) >= 11 is 0. The molecule has 0 aromatic carbocycles. The van der Waals surface area contributed by atoms with Crippen LogP contribution in [-0.4, -0.2) is 24.4 Å². The van der Waals surface area contributed by atoms with E-state index >= 15 is 0 Å². The molecule has 1 aliphatic heterocycles. The molecule has 0 amide bonds. The molecule has 0 bridgehead atoms. The van der Waals surface area contributed by atoms with Gasteiger partial charge in [-0.3, -0.25) is 0 Å². The summed E-state index contributed by atoms with van der Waals surface area (Å²) in [4.78, 5) is 0. The van der Waals surface area contributed by atoms with Crippen LogP contribution >= 0.6 is 0 Å². The molecule has 2 atom stereocenters.